The molecule has 0 fully saturated rings. The van der Waals surface area contributed by atoms with Crippen LogP contribution in [0.1, 0.15) is 25.1 Å². The Hall–Kier alpha value is -1.10. The fourth-order valence-corrected chi connectivity index (χ4v) is 1.97. The summed E-state index contributed by atoms with van der Waals surface area (Å²) in [6.45, 7) is 2.00. The first kappa shape index (κ1) is 12.4. The second kappa shape index (κ2) is 5.04. The smallest absolute Gasteiger partial charge is 0.0998 e. The van der Waals surface area contributed by atoms with Crippen molar-refractivity contribution in [1.29, 1.82) is 0 Å². The number of hydrogen-bond acceptors (Lipinski definition) is 3. The zero-order valence-electron chi connectivity index (χ0n) is 9.27. The largest absolute Gasteiger partial charge is 0.323 e. The fourth-order valence-electron chi connectivity index (χ4n) is 1.45. The summed E-state index contributed by atoms with van der Waals surface area (Å²) < 4.78 is 1.61. The van der Waals surface area contributed by atoms with Crippen LogP contribution in [0.4, 0.5) is 0 Å². The van der Waals surface area contributed by atoms with Crippen LogP contribution in [0.3, 0.4) is 0 Å². The first-order chi connectivity index (χ1) is 8.10. The van der Waals surface area contributed by atoms with Crippen molar-refractivity contribution >= 4 is 23.2 Å². The van der Waals surface area contributed by atoms with Crippen molar-refractivity contribution in [2.75, 3.05) is 0 Å². The lowest BCUT2D eigenvalue weighted by atomic mass is 10.2. The summed E-state index contributed by atoms with van der Waals surface area (Å²) in [5.74, 6) is 0. The number of hydrogen-bond donors (Lipinski definition) is 1. The Bertz CT molecular complexity index is 504. The molecule has 2 aromatic rings. The number of aromatic nitrogens is 3. The molecule has 0 aliphatic rings. The fraction of sp³-hybridized carbons (Fsp3) is 0.273. The monoisotopic (exact) mass is 270 g/mol. The standard InChI is InChI=1S/C11H12Cl2N4/c1-2-10(14)11-6-17(16-15-11)9-4-7(12)3-8(13)5-9/h3-6,10H,2,14H2,1H3. The molecule has 1 unspecified atom stereocenters. The first-order valence-electron chi connectivity index (χ1n) is 5.24. The molecular formula is C11H12Cl2N4. The molecule has 0 saturated heterocycles. The maximum Gasteiger partial charge on any atom is 0.0998 e. The van der Waals surface area contributed by atoms with Crippen LogP contribution in [0.2, 0.25) is 10.0 Å². The lowest BCUT2D eigenvalue weighted by Gasteiger charge is -2.03. The number of halogens is 2. The van der Waals surface area contributed by atoms with Gasteiger partial charge < -0.3 is 5.73 Å². The predicted octanol–water partition coefficient (Wildman–Crippen LogP) is 2.98. The maximum absolute atomic E-state index is 5.93. The van der Waals surface area contributed by atoms with Crippen molar-refractivity contribution in [2.45, 2.75) is 19.4 Å². The lowest BCUT2D eigenvalue weighted by molar-refractivity contribution is 0.670. The van der Waals surface area contributed by atoms with Gasteiger partial charge in [0.2, 0.25) is 0 Å². The zero-order chi connectivity index (χ0) is 12.4. The SMILES string of the molecule is CCC(N)c1cn(-c2cc(Cl)cc(Cl)c2)nn1. The van der Waals surface area contributed by atoms with Gasteiger partial charge in [0.15, 0.2) is 0 Å². The lowest BCUT2D eigenvalue weighted by Crippen LogP contribution is -2.08. The van der Waals surface area contributed by atoms with Gasteiger partial charge in [-0.15, -0.1) is 5.10 Å². The normalized spacial score (nSPS) is 12.7. The van der Waals surface area contributed by atoms with Crippen molar-refractivity contribution in [1.82, 2.24) is 15.0 Å². The minimum absolute atomic E-state index is 0.0987. The predicted molar refractivity (Wildman–Crippen MR) is 68.6 cm³/mol. The van der Waals surface area contributed by atoms with E-state index in [0.29, 0.717) is 10.0 Å². The van der Waals surface area contributed by atoms with E-state index in [1.54, 1.807) is 29.1 Å². The minimum atomic E-state index is -0.0987. The number of rotatable bonds is 3. The molecule has 2 rings (SSSR count). The highest BCUT2D eigenvalue weighted by atomic mass is 35.5. The van der Waals surface area contributed by atoms with E-state index in [9.17, 15) is 0 Å². The van der Waals surface area contributed by atoms with E-state index >= 15 is 0 Å². The third-order valence-corrected chi connectivity index (χ3v) is 2.88. The molecule has 4 nitrogen and oxygen atoms in total. The number of nitrogens with zero attached hydrogens (tertiary/aromatic N) is 3. The average molecular weight is 271 g/mol. The quantitative estimate of drug-likeness (QED) is 0.933. The van der Waals surface area contributed by atoms with Gasteiger partial charge in [0.1, 0.15) is 0 Å². The Balaban J connectivity index is 2.36. The van der Waals surface area contributed by atoms with Gasteiger partial charge in [-0.05, 0) is 24.6 Å². The highest BCUT2D eigenvalue weighted by Gasteiger charge is 2.09. The molecule has 1 heterocycles. The highest BCUT2D eigenvalue weighted by molar-refractivity contribution is 6.34. The van der Waals surface area contributed by atoms with Gasteiger partial charge in [0.25, 0.3) is 0 Å². The molecule has 0 aliphatic heterocycles. The Kier molecular flexibility index (Phi) is 3.66. The Labute approximate surface area is 109 Å². The Morgan fingerprint density at radius 2 is 1.94 bits per heavy atom. The van der Waals surface area contributed by atoms with Gasteiger partial charge in [-0.25, -0.2) is 4.68 Å². The van der Waals surface area contributed by atoms with Crippen molar-refractivity contribution in [3.05, 3.63) is 40.1 Å². The molecule has 0 bridgehead atoms. The molecule has 0 spiro atoms. The van der Waals surface area contributed by atoms with Gasteiger partial charge >= 0.3 is 0 Å². The van der Waals surface area contributed by atoms with Crippen LogP contribution in [0, 0.1) is 0 Å². The third kappa shape index (κ3) is 2.77. The van der Waals surface area contributed by atoms with Gasteiger partial charge in [0.05, 0.1) is 23.6 Å². The van der Waals surface area contributed by atoms with E-state index < -0.39 is 0 Å². The summed E-state index contributed by atoms with van der Waals surface area (Å²) in [6, 6.07) is 5.10. The minimum Gasteiger partial charge on any atom is -0.323 e. The Morgan fingerprint density at radius 3 is 2.53 bits per heavy atom. The molecule has 1 atom stereocenters. The van der Waals surface area contributed by atoms with E-state index in [2.05, 4.69) is 10.3 Å². The maximum atomic E-state index is 5.93. The van der Waals surface area contributed by atoms with Gasteiger partial charge in [-0.3, -0.25) is 0 Å². The zero-order valence-corrected chi connectivity index (χ0v) is 10.8. The second-order valence-corrected chi connectivity index (χ2v) is 4.60. The summed E-state index contributed by atoms with van der Waals surface area (Å²) in [5.41, 5.74) is 7.40. The van der Waals surface area contributed by atoms with Crippen molar-refractivity contribution < 1.29 is 0 Å². The molecule has 0 aliphatic carbocycles. The molecule has 0 radical (unpaired) electrons. The van der Waals surface area contributed by atoms with E-state index in [4.69, 9.17) is 28.9 Å². The molecule has 0 amide bonds. The Morgan fingerprint density at radius 1 is 1.29 bits per heavy atom. The molecule has 2 N–H and O–H groups in total. The van der Waals surface area contributed by atoms with Crippen molar-refractivity contribution in [2.24, 2.45) is 5.73 Å². The summed E-state index contributed by atoms with van der Waals surface area (Å²) in [5, 5.41) is 9.15. The molecule has 1 aromatic carbocycles. The summed E-state index contributed by atoms with van der Waals surface area (Å²) in [7, 11) is 0. The van der Waals surface area contributed by atoms with Crippen molar-refractivity contribution in [3.8, 4) is 5.69 Å². The van der Waals surface area contributed by atoms with Crippen LogP contribution in [0.25, 0.3) is 5.69 Å². The summed E-state index contributed by atoms with van der Waals surface area (Å²) in [4.78, 5) is 0. The van der Waals surface area contributed by atoms with Crippen LogP contribution in [0.15, 0.2) is 24.4 Å². The number of benzene rings is 1. The first-order valence-corrected chi connectivity index (χ1v) is 6.00. The van der Waals surface area contributed by atoms with Crippen LogP contribution in [-0.4, -0.2) is 15.0 Å². The molecule has 17 heavy (non-hydrogen) atoms. The van der Waals surface area contributed by atoms with E-state index in [1.807, 2.05) is 6.92 Å². The van der Waals surface area contributed by atoms with E-state index in [1.165, 1.54) is 0 Å². The van der Waals surface area contributed by atoms with Crippen LogP contribution in [0.5, 0.6) is 0 Å². The van der Waals surface area contributed by atoms with Crippen LogP contribution >= 0.6 is 23.2 Å². The summed E-state index contributed by atoms with van der Waals surface area (Å²) >= 11 is 11.9. The summed E-state index contributed by atoms with van der Waals surface area (Å²) in [6.07, 6.45) is 2.60. The molecule has 1 aromatic heterocycles. The van der Waals surface area contributed by atoms with E-state index in [0.717, 1.165) is 17.8 Å². The molecule has 90 valence electrons. The van der Waals surface area contributed by atoms with Gasteiger partial charge in [-0.1, -0.05) is 35.3 Å². The third-order valence-electron chi connectivity index (χ3n) is 2.44. The molecule has 0 saturated carbocycles. The molecule has 6 heteroatoms. The van der Waals surface area contributed by atoms with Crippen LogP contribution in [-0.2, 0) is 0 Å². The van der Waals surface area contributed by atoms with Crippen molar-refractivity contribution in [3.63, 3.8) is 0 Å². The number of nitrogens with two attached hydrogens (primary N) is 1. The molecular weight excluding hydrogens is 259 g/mol. The topological polar surface area (TPSA) is 56.7 Å². The second-order valence-electron chi connectivity index (χ2n) is 3.73. The average Bonchev–Trinajstić information content (AvgIpc) is 2.76. The van der Waals surface area contributed by atoms with E-state index in [-0.39, 0.29) is 6.04 Å². The highest BCUT2D eigenvalue weighted by Crippen LogP contribution is 2.22. The van der Waals surface area contributed by atoms with Gasteiger partial charge in [0, 0.05) is 10.0 Å². The van der Waals surface area contributed by atoms with Crippen LogP contribution < -0.4 is 5.73 Å². The van der Waals surface area contributed by atoms with Gasteiger partial charge in [-0.2, -0.15) is 0 Å².